The van der Waals surface area contributed by atoms with Gasteiger partial charge >= 0.3 is 5.97 Å². The molecule has 18 heavy (non-hydrogen) atoms. The van der Waals surface area contributed by atoms with Gasteiger partial charge in [0.05, 0.1) is 13.5 Å². The Bertz CT molecular complexity index is 547. The summed E-state index contributed by atoms with van der Waals surface area (Å²) < 4.78 is 4.70. The summed E-state index contributed by atoms with van der Waals surface area (Å²) in [4.78, 5) is 11.4. The van der Waals surface area contributed by atoms with Crippen molar-refractivity contribution < 1.29 is 9.53 Å². The number of esters is 1. The van der Waals surface area contributed by atoms with Crippen molar-refractivity contribution in [2.45, 2.75) is 6.42 Å². The molecular weight excluding hydrogens is 248 g/mol. The molecule has 0 aliphatic heterocycles. The lowest BCUT2D eigenvalue weighted by Crippen LogP contribution is -2.05. The summed E-state index contributed by atoms with van der Waals surface area (Å²) >= 11 is 5.87. The van der Waals surface area contributed by atoms with Gasteiger partial charge in [-0.3, -0.25) is 4.79 Å². The van der Waals surface area contributed by atoms with Crippen LogP contribution in [0.3, 0.4) is 0 Å². The average Bonchev–Trinajstić information content (AvgIpc) is 2.40. The Kier molecular flexibility index (Phi) is 4.00. The fourth-order valence-corrected chi connectivity index (χ4v) is 1.94. The second-order valence-corrected chi connectivity index (χ2v) is 4.35. The Hall–Kier alpha value is -1.80. The molecule has 0 spiro atoms. The highest BCUT2D eigenvalue weighted by atomic mass is 35.5. The first kappa shape index (κ1) is 12.7. The molecule has 2 nitrogen and oxygen atoms in total. The monoisotopic (exact) mass is 260 g/mol. The van der Waals surface area contributed by atoms with Crippen LogP contribution in [0, 0.1) is 0 Å². The largest absolute Gasteiger partial charge is 0.469 e. The van der Waals surface area contributed by atoms with E-state index in [0.29, 0.717) is 5.02 Å². The zero-order valence-electron chi connectivity index (χ0n) is 10.0. The molecule has 0 amide bonds. The highest BCUT2D eigenvalue weighted by Crippen LogP contribution is 2.25. The molecule has 3 heteroatoms. The first-order valence-corrected chi connectivity index (χ1v) is 5.99. The lowest BCUT2D eigenvalue weighted by atomic mass is 9.98. The van der Waals surface area contributed by atoms with Crippen LogP contribution in [-0.2, 0) is 16.0 Å². The molecular formula is C15H13ClO2. The molecule has 2 rings (SSSR count). The molecule has 0 radical (unpaired) electrons. The van der Waals surface area contributed by atoms with Crippen molar-refractivity contribution in [1.82, 2.24) is 0 Å². The maximum atomic E-state index is 11.4. The van der Waals surface area contributed by atoms with Crippen molar-refractivity contribution >= 4 is 17.6 Å². The third kappa shape index (κ3) is 2.90. The second kappa shape index (κ2) is 5.69. The summed E-state index contributed by atoms with van der Waals surface area (Å²) in [6, 6.07) is 15.3. The van der Waals surface area contributed by atoms with Gasteiger partial charge in [0.25, 0.3) is 0 Å². The number of hydrogen-bond acceptors (Lipinski definition) is 2. The fraction of sp³-hybridized carbons (Fsp3) is 0.133. The van der Waals surface area contributed by atoms with Crippen LogP contribution in [0.4, 0.5) is 0 Å². The smallest absolute Gasteiger partial charge is 0.309 e. The molecule has 0 unspecified atom stereocenters. The molecule has 2 aromatic carbocycles. The lowest BCUT2D eigenvalue weighted by molar-refractivity contribution is -0.139. The van der Waals surface area contributed by atoms with Crippen LogP contribution in [-0.4, -0.2) is 13.1 Å². The van der Waals surface area contributed by atoms with E-state index < -0.39 is 0 Å². The van der Waals surface area contributed by atoms with Gasteiger partial charge in [0.15, 0.2) is 0 Å². The zero-order valence-corrected chi connectivity index (χ0v) is 10.8. The van der Waals surface area contributed by atoms with Crippen LogP contribution in [0.15, 0.2) is 48.5 Å². The quantitative estimate of drug-likeness (QED) is 0.786. The molecule has 0 saturated carbocycles. The fourth-order valence-electron chi connectivity index (χ4n) is 1.81. The van der Waals surface area contributed by atoms with E-state index in [1.54, 1.807) is 0 Å². The number of hydrogen-bond donors (Lipinski definition) is 0. The second-order valence-electron chi connectivity index (χ2n) is 3.92. The van der Waals surface area contributed by atoms with Gasteiger partial charge in [0, 0.05) is 5.02 Å². The van der Waals surface area contributed by atoms with Crippen molar-refractivity contribution in [2.24, 2.45) is 0 Å². The number of carbonyl (C=O) groups is 1. The third-order valence-corrected chi connectivity index (χ3v) is 2.99. The Labute approximate surface area is 111 Å². The van der Waals surface area contributed by atoms with Crippen molar-refractivity contribution in [3.8, 4) is 11.1 Å². The Balaban J connectivity index is 2.38. The summed E-state index contributed by atoms with van der Waals surface area (Å²) in [6.07, 6.45) is 0.273. The molecule has 0 bridgehead atoms. The SMILES string of the molecule is COC(=O)Cc1ccccc1-c1ccc(Cl)cc1. The van der Waals surface area contributed by atoms with Gasteiger partial charge in [-0.25, -0.2) is 0 Å². The summed E-state index contributed by atoms with van der Waals surface area (Å²) in [5, 5.41) is 0.698. The number of carbonyl (C=O) groups excluding carboxylic acids is 1. The van der Waals surface area contributed by atoms with Gasteiger partial charge < -0.3 is 4.74 Å². The van der Waals surface area contributed by atoms with Crippen LogP contribution in [0.25, 0.3) is 11.1 Å². The topological polar surface area (TPSA) is 26.3 Å². The number of ether oxygens (including phenoxy) is 1. The van der Waals surface area contributed by atoms with E-state index in [-0.39, 0.29) is 12.4 Å². The third-order valence-electron chi connectivity index (χ3n) is 2.74. The minimum Gasteiger partial charge on any atom is -0.469 e. The van der Waals surface area contributed by atoms with Gasteiger partial charge in [-0.05, 0) is 28.8 Å². The number of halogens is 1. The highest BCUT2D eigenvalue weighted by molar-refractivity contribution is 6.30. The predicted molar refractivity (Wildman–Crippen MR) is 72.6 cm³/mol. The van der Waals surface area contributed by atoms with Crippen molar-refractivity contribution in [2.75, 3.05) is 7.11 Å². The molecule has 0 fully saturated rings. The Morgan fingerprint density at radius 1 is 1.11 bits per heavy atom. The van der Waals surface area contributed by atoms with Gasteiger partial charge in [-0.15, -0.1) is 0 Å². The summed E-state index contributed by atoms with van der Waals surface area (Å²) in [6.45, 7) is 0. The van der Waals surface area contributed by atoms with E-state index in [0.717, 1.165) is 16.7 Å². The number of rotatable bonds is 3. The number of benzene rings is 2. The maximum Gasteiger partial charge on any atom is 0.309 e. The van der Waals surface area contributed by atoms with Gasteiger partial charge in [0.1, 0.15) is 0 Å². The minimum absolute atomic E-state index is 0.239. The molecule has 92 valence electrons. The van der Waals surface area contributed by atoms with E-state index in [1.807, 2.05) is 48.5 Å². The maximum absolute atomic E-state index is 11.4. The average molecular weight is 261 g/mol. The van der Waals surface area contributed by atoms with E-state index in [9.17, 15) is 4.79 Å². The normalized spacial score (nSPS) is 10.1. The first-order chi connectivity index (χ1) is 8.70. The Morgan fingerprint density at radius 3 is 2.44 bits per heavy atom. The van der Waals surface area contributed by atoms with Gasteiger partial charge in [-0.2, -0.15) is 0 Å². The molecule has 0 saturated heterocycles. The summed E-state index contributed by atoms with van der Waals surface area (Å²) in [5.74, 6) is -0.239. The van der Waals surface area contributed by atoms with Crippen molar-refractivity contribution in [3.05, 3.63) is 59.1 Å². The molecule has 2 aromatic rings. The van der Waals surface area contributed by atoms with Gasteiger partial charge in [0.2, 0.25) is 0 Å². The van der Waals surface area contributed by atoms with Crippen LogP contribution < -0.4 is 0 Å². The van der Waals surface area contributed by atoms with Crippen LogP contribution in [0.1, 0.15) is 5.56 Å². The van der Waals surface area contributed by atoms with Crippen LogP contribution in [0.5, 0.6) is 0 Å². The molecule has 0 aliphatic carbocycles. The molecule has 0 atom stereocenters. The van der Waals surface area contributed by atoms with E-state index in [2.05, 4.69) is 0 Å². The zero-order chi connectivity index (χ0) is 13.0. The lowest BCUT2D eigenvalue weighted by Gasteiger charge is -2.08. The molecule has 0 heterocycles. The van der Waals surface area contributed by atoms with Crippen molar-refractivity contribution in [3.63, 3.8) is 0 Å². The molecule has 0 N–H and O–H groups in total. The highest BCUT2D eigenvalue weighted by Gasteiger charge is 2.09. The van der Waals surface area contributed by atoms with Crippen LogP contribution >= 0.6 is 11.6 Å². The number of methoxy groups -OCH3 is 1. The van der Waals surface area contributed by atoms with Crippen molar-refractivity contribution in [1.29, 1.82) is 0 Å². The predicted octanol–water partition coefficient (Wildman–Crippen LogP) is 3.72. The molecule has 0 aromatic heterocycles. The minimum atomic E-state index is -0.239. The summed E-state index contributed by atoms with van der Waals surface area (Å²) in [5.41, 5.74) is 3.02. The summed E-state index contributed by atoms with van der Waals surface area (Å²) in [7, 11) is 1.40. The standard InChI is InChI=1S/C15H13ClO2/c1-18-15(17)10-12-4-2-3-5-14(12)11-6-8-13(16)9-7-11/h2-9H,10H2,1H3. The van der Waals surface area contributed by atoms with E-state index in [1.165, 1.54) is 7.11 Å². The van der Waals surface area contributed by atoms with Crippen LogP contribution in [0.2, 0.25) is 5.02 Å². The Morgan fingerprint density at radius 2 is 1.78 bits per heavy atom. The van der Waals surface area contributed by atoms with E-state index in [4.69, 9.17) is 16.3 Å². The first-order valence-electron chi connectivity index (χ1n) is 5.61. The molecule has 0 aliphatic rings. The van der Waals surface area contributed by atoms with Gasteiger partial charge in [-0.1, -0.05) is 48.0 Å². The van der Waals surface area contributed by atoms with E-state index >= 15 is 0 Å².